The summed E-state index contributed by atoms with van der Waals surface area (Å²) in [6, 6.07) is 0. The molecule has 0 aliphatic heterocycles. The number of alkyl halides is 1. The van der Waals surface area contributed by atoms with E-state index < -0.39 is 0 Å². The number of halogens is 1. The molecule has 0 saturated heterocycles. The van der Waals surface area contributed by atoms with E-state index in [1.165, 1.54) is 0 Å². The summed E-state index contributed by atoms with van der Waals surface area (Å²) in [5, 5.41) is 0. The number of hydrogen-bond acceptors (Lipinski definition) is 1. The van der Waals surface area contributed by atoms with Gasteiger partial charge < -0.3 is 0 Å². The summed E-state index contributed by atoms with van der Waals surface area (Å²) in [4.78, 5) is 0. The number of unbranched alkanes of at least 4 members (excludes halogenated alkanes) is 1. The van der Waals surface area contributed by atoms with E-state index in [0.717, 1.165) is 24.3 Å². The van der Waals surface area contributed by atoms with Crippen LogP contribution in [0.1, 0.15) is 19.3 Å². The first-order chi connectivity index (χ1) is 4.41. The second-order valence-electron chi connectivity index (χ2n) is 1.86. The predicted molar refractivity (Wildman–Crippen MR) is 42.5 cm³/mol. The molecule has 0 aromatic carbocycles. The highest BCUT2D eigenvalue weighted by atomic mass is 32.2. The Hall–Kier alpha value is 0.280. The normalized spacial score (nSPS) is 10.0. The minimum atomic E-state index is -0.169. The Morgan fingerprint density at radius 3 is 2.44 bits per heavy atom. The van der Waals surface area contributed by atoms with Crippen molar-refractivity contribution < 1.29 is 4.39 Å². The van der Waals surface area contributed by atoms with Crippen molar-refractivity contribution in [2.75, 3.05) is 18.2 Å². The van der Waals surface area contributed by atoms with Crippen molar-refractivity contribution in [2.24, 2.45) is 0 Å². The van der Waals surface area contributed by atoms with Crippen LogP contribution in [0.25, 0.3) is 0 Å². The first kappa shape index (κ1) is 9.28. The lowest BCUT2D eigenvalue weighted by Gasteiger charge is -1.95. The van der Waals surface area contributed by atoms with Crippen molar-refractivity contribution in [2.45, 2.75) is 19.3 Å². The Bertz CT molecular complexity index is 42.2. The molecular formula is C7H14FS. The van der Waals surface area contributed by atoms with Crippen molar-refractivity contribution in [1.29, 1.82) is 0 Å². The lowest BCUT2D eigenvalue weighted by atomic mass is 10.4. The number of rotatable bonds is 6. The van der Waals surface area contributed by atoms with Crippen LogP contribution in [0.4, 0.5) is 4.39 Å². The molecule has 0 aliphatic carbocycles. The molecule has 0 fully saturated rings. The fraction of sp³-hybridized carbons (Fsp3) is 0.857. The molecule has 0 N–H and O–H groups in total. The van der Waals surface area contributed by atoms with Gasteiger partial charge in [-0.2, -0.15) is 11.8 Å². The maximum Gasteiger partial charge on any atom is 0.0902 e. The summed E-state index contributed by atoms with van der Waals surface area (Å²) in [7, 11) is 0. The van der Waals surface area contributed by atoms with E-state index in [1.54, 1.807) is 0 Å². The molecule has 0 unspecified atom stereocenters. The molecule has 0 aromatic rings. The quantitative estimate of drug-likeness (QED) is 0.523. The molecule has 0 bridgehead atoms. The standard InChI is InChI=1S/C7H14FS/c1-2-3-6-9-7-4-5-8/h1-7H2. The van der Waals surface area contributed by atoms with Gasteiger partial charge in [-0.25, -0.2) is 0 Å². The Morgan fingerprint density at radius 1 is 1.22 bits per heavy atom. The maximum atomic E-state index is 11.5. The van der Waals surface area contributed by atoms with Gasteiger partial charge in [0.15, 0.2) is 0 Å². The van der Waals surface area contributed by atoms with Crippen molar-refractivity contribution in [3.63, 3.8) is 0 Å². The largest absolute Gasteiger partial charge is 0.251 e. The molecule has 0 spiro atoms. The highest BCUT2D eigenvalue weighted by Gasteiger charge is 1.87. The second-order valence-corrected chi connectivity index (χ2v) is 3.09. The Balaban J connectivity index is 2.60. The molecule has 1 radical (unpaired) electrons. The van der Waals surface area contributed by atoms with E-state index in [1.807, 2.05) is 11.8 Å². The van der Waals surface area contributed by atoms with Gasteiger partial charge in [-0.3, -0.25) is 4.39 Å². The molecule has 0 atom stereocenters. The molecule has 0 rings (SSSR count). The van der Waals surface area contributed by atoms with Gasteiger partial charge in [0.2, 0.25) is 0 Å². The Morgan fingerprint density at radius 2 is 1.89 bits per heavy atom. The van der Waals surface area contributed by atoms with Gasteiger partial charge in [0.25, 0.3) is 0 Å². The highest BCUT2D eigenvalue weighted by molar-refractivity contribution is 7.99. The Labute approximate surface area is 61.2 Å². The van der Waals surface area contributed by atoms with Crippen LogP contribution >= 0.6 is 11.8 Å². The van der Waals surface area contributed by atoms with Crippen LogP contribution in [-0.4, -0.2) is 18.2 Å². The van der Waals surface area contributed by atoms with Gasteiger partial charge in [0, 0.05) is 0 Å². The zero-order chi connectivity index (χ0) is 6.95. The van der Waals surface area contributed by atoms with Crippen molar-refractivity contribution in [3.8, 4) is 0 Å². The first-order valence-electron chi connectivity index (χ1n) is 3.34. The molecule has 0 aliphatic rings. The third-order valence-corrected chi connectivity index (χ3v) is 2.12. The summed E-state index contributed by atoms with van der Waals surface area (Å²) in [6.07, 6.45) is 2.88. The van der Waals surface area contributed by atoms with Crippen LogP contribution in [0.2, 0.25) is 0 Å². The van der Waals surface area contributed by atoms with Crippen LogP contribution in [0.5, 0.6) is 0 Å². The number of hydrogen-bond donors (Lipinski definition) is 0. The van der Waals surface area contributed by atoms with Crippen LogP contribution < -0.4 is 0 Å². The van der Waals surface area contributed by atoms with Gasteiger partial charge in [0.05, 0.1) is 6.67 Å². The average Bonchev–Trinajstić information content (AvgIpc) is 1.89. The predicted octanol–water partition coefficient (Wildman–Crippen LogP) is 2.69. The van der Waals surface area contributed by atoms with E-state index in [9.17, 15) is 4.39 Å². The smallest absolute Gasteiger partial charge is 0.0902 e. The third kappa shape index (κ3) is 8.28. The van der Waals surface area contributed by atoms with Gasteiger partial charge in [-0.1, -0.05) is 13.3 Å². The van der Waals surface area contributed by atoms with Crippen LogP contribution in [0.15, 0.2) is 0 Å². The van der Waals surface area contributed by atoms with Crippen molar-refractivity contribution in [3.05, 3.63) is 6.92 Å². The zero-order valence-corrected chi connectivity index (χ0v) is 6.55. The summed E-state index contributed by atoms with van der Waals surface area (Å²) < 4.78 is 11.5. The monoisotopic (exact) mass is 149 g/mol. The molecule has 9 heavy (non-hydrogen) atoms. The molecule has 0 aromatic heterocycles. The summed E-state index contributed by atoms with van der Waals surface area (Å²) in [5.74, 6) is 2.11. The molecule has 0 saturated carbocycles. The lowest BCUT2D eigenvalue weighted by Crippen LogP contribution is -1.84. The molecular weight excluding hydrogens is 135 g/mol. The molecule has 55 valence electrons. The molecule has 0 nitrogen and oxygen atoms in total. The Kier molecular flexibility index (Phi) is 8.54. The van der Waals surface area contributed by atoms with Gasteiger partial charge in [-0.05, 0) is 24.3 Å². The van der Waals surface area contributed by atoms with Crippen LogP contribution in [0, 0.1) is 6.92 Å². The molecule has 0 amide bonds. The summed E-state index contributed by atoms with van der Waals surface area (Å²) in [5.41, 5.74) is 0. The van der Waals surface area contributed by atoms with E-state index in [2.05, 4.69) is 6.92 Å². The van der Waals surface area contributed by atoms with Crippen LogP contribution in [-0.2, 0) is 0 Å². The summed E-state index contributed by atoms with van der Waals surface area (Å²) >= 11 is 1.82. The van der Waals surface area contributed by atoms with E-state index >= 15 is 0 Å². The highest BCUT2D eigenvalue weighted by Crippen LogP contribution is 2.05. The van der Waals surface area contributed by atoms with E-state index in [4.69, 9.17) is 0 Å². The SMILES string of the molecule is [CH2]CCCSCCCF. The minimum absolute atomic E-state index is 0.169. The topological polar surface area (TPSA) is 0 Å². The lowest BCUT2D eigenvalue weighted by molar-refractivity contribution is 0.489. The molecule has 0 heterocycles. The van der Waals surface area contributed by atoms with Crippen molar-refractivity contribution in [1.82, 2.24) is 0 Å². The van der Waals surface area contributed by atoms with Crippen LogP contribution in [0.3, 0.4) is 0 Å². The number of thioether (sulfide) groups is 1. The fourth-order valence-electron chi connectivity index (χ4n) is 0.463. The summed E-state index contributed by atoms with van der Waals surface area (Å²) in [6.45, 7) is 3.55. The zero-order valence-electron chi connectivity index (χ0n) is 5.74. The first-order valence-corrected chi connectivity index (χ1v) is 4.50. The maximum absolute atomic E-state index is 11.5. The van der Waals surface area contributed by atoms with Gasteiger partial charge >= 0.3 is 0 Å². The molecule has 2 heteroatoms. The third-order valence-electron chi connectivity index (χ3n) is 0.961. The van der Waals surface area contributed by atoms with Gasteiger partial charge in [-0.15, -0.1) is 0 Å². The van der Waals surface area contributed by atoms with Gasteiger partial charge in [0.1, 0.15) is 0 Å². The fourth-order valence-corrected chi connectivity index (χ4v) is 1.39. The second kappa shape index (κ2) is 8.28. The van der Waals surface area contributed by atoms with E-state index in [0.29, 0.717) is 6.42 Å². The van der Waals surface area contributed by atoms with Crippen molar-refractivity contribution >= 4 is 11.8 Å². The van der Waals surface area contributed by atoms with E-state index in [-0.39, 0.29) is 6.67 Å². The average molecular weight is 149 g/mol. The minimum Gasteiger partial charge on any atom is -0.251 e.